The molecule has 6 heteroatoms. The summed E-state index contributed by atoms with van der Waals surface area (Å²) in [5, 5.41) is 6.22. The molecule has 0 saturated heterocycles. The molecule has 0 radical (unpaired) electrons. The zero-order valence-corrected chi connectivity index (χ0v) is 12.1. The fourth-order valence-electron chi connectivity index (χ4n) is 1.81. The van der Waals surface area contributed by atoms with Crippen molar-refractivity contribution >= 4 is 17.5 Å². The van der Waals surface area contributed by atoms with E-state index < -0.39 is 0 Å². The van der Waals surface area contributed by atoms with Gasteiger partial charge in [0, 0.05) is 25.7 Å². The third-order valence-corrected chi connectivity index (χ3v) is 2.83. The van der Waals surface area contributed by atoms with Gasteiger partial charge in [-0.1, -0.05) is 0 Å². The zero-order chi connectivity index (χ0) is 14.3. The van der Waals surface area contributed by atoms with E-state index in [-0.39, 0.29) is 11.9 Å². The number of nitrogens with one attached hydrogen (secondary N) is 2. The Kier molecular flexibility index (Phi) is 6.05. The van der Waals surface area contributed by atoms with Gasteiger partial charge >= 0.3 is 0 Å². The van der Waals surface area contributed by atoms with Crippen molar-refractivity contribution in [2.75, 3.05) is 30.3 Å². The second kappa shape index (κ2) is 7.56. The van der Waals surface area contributed by atoms with E-state index in [0.29, 0.717) is 18.9 Å². The van der Waals surface area contributed by atoms with Crippen LogP contribution >= 0.6 is 0 Å². The first kappa shape index (κ1) is 15.2. The molecule has 106 valence electrons. The number of nitrogens with zero attached hydrogens (tertiary/aromatic N) is 3. The second-order valence-corrected chi connectivity index (χ2v) is 4.20. The van der Waals surface area contributed by atoms with Crippen LogP contribution in [0.3, 0.4) is 0 Å². The molecule has 2 N–H and O–H groups in total. The lowest BCUT2D eigenvalue weighted by Crippen LogP contribution is -2.41. The second-order valence-electron chi connectivity index (χ2n) is 4.20. The van der Waals surface area contributed by atoms with Crippen LogP contribution in [0, 0.1) is 0 Å². The number of likely N-dealkylation sites (N-methyl/N-ethyl adjacent to an activating group) is 1. The summed E-state index contributed by atoms with van der Waals surface area (Å²) in [5.74, 6) is 1.48. The minimum Gasteiger partial charge on any atom is -0.370 e. The van der Waals surface area contributed by atoms with Gasteiger partial charge in [0.05, 0.1) is 0 Å². The van der Waals surface area contributed by atoms with Crippen LogP contribution in [0.25, 0.3) is 0 Å². The highest BCUT2D eigenvalue weighted by atomic mass is 16.2. The number of amides is 1. The lowest BCUT2D eigenvalue weighted by molar-refractivity contribution is -0.131. The first-order valence-electron chi connectivity index (χ1n) is 6.73. The normalized spacial score (nSPS) is 11.8. The molecule has 1 aromatic heterocycles. The third-order valence-electron chi connectivity index (χ3n) is 2.83. The van der Waals surface area contributed by atoms with Gasteiger partial charge in [-0.15, -0.1) is 0 Å². The van der Waals surface area contributed by atoms with E-state index in [1.807, 2.05) is 27.7 Å². The quantitative estimate of drug-likeness (QED) is 0.783. The minimum absolute atomic E-state index is 0.0774. The van der Waals surface area contributed by atoms with Crippen LogP contribution in [-0.2, 0) is 4.79 Å². The Morgan fingerprint density at radius 3 is 2.47 bits per heavy atom. The molecule has 0 aliphatic rings. The van der Waals surface area contributed by atoms with E-state index in [4.69, 9.17) is 0 Å². The van der Waals surface area contributed by atoms with Gasteiger partial charge < -0.3 is 15.5 Å². The average molecular weight is 265 g/mol. The predicted octanol–water partition coefficient (Wildman–Crippen LogP) is 1.58. The molecule has 1 unspecified atom stereocenters. The van der Waals surface area contributed by atoms with Crippen LogP contribution in [0.15, 0.2) is 12.4 Å². The summed E-state index contributed by atoms with van der Waals surface area (Å²) in [7, 11) is 0. The highest BCUT2D eigenvalue weighted by Crippen LogP contribution is 2.10. The summed E-state index contributed by atoms with van der Waals surface area (Å²) in [6.07, 6.45) is 1.48. The summed E-state index contributed by atoms with van der Waals surface area (Å²) in [6, 6.07) is 1.50. The van der Waals surface area contributed by atoms with Crippen molar-refractivity contribution in [2.45, 2.75) is 33.7 Å². The standard InChI is InChI=1S/C13H23N5O/c1-5-14-11-8-12(16-9-15-11)17-10(4)13(19)18(6-2)7-3/h8-10H,5-7H2,1-4H3,(H2,14,15,16,17). The largest absolute Gasteiger partial charge is 0.370 e. The molecule has 1 heterocycles. The van der Waals surface area contributed by atoms with Gasteiger partial charge in [0.25, 0.3) is 0 Å². The van der Waals surface area contributed by atoms with Crippen LogP contribution in [0.5, 0.6) is 0 Å². The average Bonchev–Trinajstić information content (AvgIpc) is 2.40. The Labute approximate surface area is 114 Å². The van der Waals surface area contributed by atoms with E-state index in [1.165, 1.54) is 6.33 Å². The topological polar surface area (TPSA) is 70.2 Å². The fraction of sp³-hybridized carbons (Fsp3) is 0.615. The van der Waals surface area contributed by atoms with Gasteiger partial charge in [-0.2, -0.15) is 0 Å². The Bertz CT molecular complexity index is 406. The molecule has 19 heavy (non-hydrogen) atoms. The summed E-state index contributed by atoms with van der Waals surface area (Å²) in [5.41, 5.74) is 0. The van der Waals surface area contributed by atoms with Crippen molar-refractivity contribution in [3.8, 4) is 0 Å². The summed E-state index contributed by atoms with van der Waals surface area (Å²) < 4.78 is 0. The number of carbonyl (C=O) groups is 1. The maximum absolute atomic E-state index is 12.1. The van der Waals surface area contributed by atoms with Gasteiger partial charge in [-0.05, 0) is 27.7 Å². The smallest absolute Gasteiger partial charge is 0.244 e. The molecule has 0 aliphatic carbocycles. The van der Waals surface area contributed by atoms with Crippen molar-refractivity contribution in [2.24, 2.45) is 0 Å². The van der Waals surface area contributed by atoms with Gasteiger partial charge in [0.2, 0.25) is 5.91 Å². The van der Waals surface area contributed by atoms with Crippen molar-refractivity contribution in [3.63, 3.8) is 0 Å². The minimum atomic E-state index is -0.302. The fourth-order valence-corrected chi connectivity index (χ4v) is 1.81. The lowest BCUT2D eigenvalue weighted by Gasteiger charge is -2.23. The molecule has 6 nitrogen and oxygen atoms in total. The molecule has 0 fully saturated rings. The van der Waals surface area contributed by atoms with Gasteiger partial charge in [-0.3, -0.25) is 4.79 Å². The zero-order valence-electron chi connectivity index (χ0n) is 12.1. The lowest BCUT2D eigenvalue weighted by atomic mass is 10.2. The first-order chi connectivity index (χ1) is 9.12. The molecule has 0 bridgehead atoms. The van der Waals surface area contributed by atoms with E-state index in [2.05, 4.69) is 20.6 Å². The predicted molar refractivity (Wildman–Crippen MR) is 77.2 cm³/mol. The van der Waals surface area contributed by atoms with E-state index >= 15 is 0 Å². The SMILES string of the molecule is CCNc1cc(NC(C)C(=O)N(CC)CC)ncn1. The number of aromatic nitrogens is 2. The van der Waals surface area contributed by atoms with Crippen molar-refractivity contribution in [1.82, 2.24) is 14.9 Å². The maximum atomic E-state index is 12.1. The summed E-state index contributed by atoms with van der Waals surface area (Å²) in [4.78, 5) is 22.1. The Hall–Kier alpha value is -1.85. The first-order valence-corrected chi connectivity index (χ1v) is 6.73. The highest BCUT2D eigenvalue weighted by molar-refractivity contribution is 5.84. The van der Waals surface area contributed by atoms with Crippen LogP contribution in [0.1, 0.15) is 27.7 Å². The maximum Gasteiger partial charge on any atom is 0.244 e. The highest BCUT2D eigenvalue weighted by Gasteiger charge is 2.18. The number of hydrogen-bond donors (Lipinski definition) is 2. The van der Waals surface area contributed by atoms with Crippen LogP contribution in [0.2, 0.25) is 0 Å². The molecule has 1 atom stereocenters. The Morgan fingerprint density at radius 2 is 1.89 bits per heavy atom. The molecule has 1 rings (SSSR count). The van der Waals surface area contributed by atoms with Gasteiger partial charge in [0.1, 0.15) is 24.0 Å². The molecular weight excluding hydrogens is 242 g/mol. The molecule has 1 aromatic rings. The van der Waals surface area contributed by atoms with E-state index in [0.717, 1.165) is 12.4 Å². The van der Waals surface area contributed by atoms with Crippen LogP contribution in [-0.4, -0.2) is 46.5 Å². The molecule has 0 saturated carbocycles. The summed E-state index contributed by atoms with van der Waals surface area (Å²) in [6.45, 7) is 10.0. The molecule has 1 amide bonds. The monoisotopic (exact) mass is 265 g/mol. The third kappa shape index (κ3) is 4.39. The van der Waals surface area contributed by atoms with E-state index in [1.54, 1.807) is 11.0 Å². The van der Waals surface area contributed by atoms with Gasteiger partial charge in [0.15, 0.2) is 0 Å². The van der Waals surface area contributed by atoms with Crippen molar-refractivity contribution in [1.29, 1.82) is 0 Å². The number of hydrogen-bond acceptors (Lipinski definition) is 5. The van der Waals surface area contributed by atoms with E-state index in [9.17, 15) is 4.79 Å². The van der Waals surface area contributed by atoms with Gasteiger partial charge in [-0.25, -0.2) is 9.97 Å². The van der Waals surface area contributed by atoms with Crippen molar-refractivity contribution in [3.05, 3.63) is 12.4 Å². The Morgan fingerprint density at radius 1 is 1.26 bits per heavy atom. The van der Waals surface area contributed by atoms with Crippen LogP contribution < -0.4 is 10.6 Å². The van der Waals surface area contributed by atoms with Crippen molar-refractivity contribution < 1.29 is 4.79 Å². The molecule has 0 aliphatic heterocycles. The number of rotatable bonds is 7. The number of anilines is 2. The molecular formula is C13H23N5O. The summed E-state index contributed by atoms with van der Waals surface area (Å²) >= 11 is 0. The van der Waals surface area contributed by atoms with Crippen LogP contribution in [0.4, 0.5) is 11.6 Å². The Balaban J connectivity index is 2.68. The molecule has 0 aromatic carbocycles. The number of carbonyl (C=O) groups excluding carboxylic acids is 1. The molecule has 0 spiro atoms.